The first-order chi connectivity index (χ1) is 12.7. The van der Waals surface area contributed by atoms with Crippen molar-refractivity contribution in [3.05, 3.63) is 76.9 Å². The predicted molar refractivity (Wildman–Crippen MR) is 113 cm³/mol. The Morgan fingerprint density at radius 1 is 1.07 bits per heavy atom. The highest BCUT2D eigenvalue weighted by atomic mass is 35.5. The second kappa shape index (κ2) is 8.89. The van der Waals surface area contributed by atoms with Crippen LogP contribution in [0.1, 0.15) is 17.0 Å². The molecule has 142 valence electrons. The van der Waals surface area contributed by atoms with Crippen LogP contribution < -0.4 is 5.73 Å². The summed E-state index contributed by atoms with van der Waals surface area (Å²) in [5, 5.41) is 8.15. The molecule has 0 aliphatic carbocycles. The van der Waals surface area contributed by atoms with Gasteiger partial charge in [-0.25, -0.2) is 0 Å². The fraction of sp³-hybridized carbons (Fsp3) is 0.286. The highest BCUT2D eigenvalue weighted by Gasteiger charge is 2.33. The van der Waals surface area contributed by atoms with Gasteiger partial charge in [0.1, 0.15) is 0 Å². The first-order valence-corrected chi connectivity index (χ1v) is 9.38. The number of nitrogens with one attached hydrogen (secondary N) is 1. The highest BCUT2D eigenvalue weighted by Crippen LogP contribution is 2.34. The van der Waals surface area contributed by atoms with Gasteiger partial charge >= 0.3 is 0 Å². The van der Waals surface area contributed by atoms with E-state index in [1.807, 2.05) is 30.5 Å². The minimum Gasteiger partial charge on any atom is -0.330 e. The molecule has 6 heteroatoms. The second-order valence-corrected chi connectivity index (χ2v) is 7.42. The van der Waals surface area contributed by atoms with E-state index in [0.29, 0.717) is 18.4 Å². The van der Waals surface area contributed by atoms with Crippen LogP contribution in [0, 0.1) is 5.92 Å². The molecule has 1 aromatic heterocycles. The molecule has 4 nitrogen and oxygen atoms in total. The number of rotatable bonds is 5. The number of benzene rings is 2. The lowest BCUT2D eigenvalue weighted by Crippen LogP contribution is -2.23. The van der Waals surface area contributed by atoms with Crippen LogP contribution in [-0.4, -0.2) is 34.7 Å². The van der Waals surface area contributed by atoms with Crippen LogP contribution in [0.25, 0.3) is 11.3 Å². The van der Waals surface area contributed by atoms with Gasteiger partial charge in [0.15, 0.2) is 0 Å². The minimum atomic E-state index is 0. The van der Waals surface area contributed by atoms with Crippen molar-refractivity contribution in [1.29, 1.82) is 0 Å². The number of nitrogens with two attached hydrogens (primary N) is 1. The Balaban J connectivity index is 0.00000210. The largest absolute Gasteiger partial charge is 0.330 e. The maximum Gasteiger partial charge on any atom is 0.0695 e. The van der Waals surface area contributed by atoms with Crippen molar-refractivity contribution in [3.8, 4) is 11.3 Å². The Hall–Kier alpha value is -1.85. The predicted octanol–water partition coefficient (Wildman–Crippen LogP) is 4.33. The van der Waals surface area contributed by atoms with Crippen LogP contribution in [0.4, 0.5) is 0 Å². The number of aromatic amines is 1. The van der Waals surface area contributed by atoms with Gasteiger partial charge in [0.05, 0.1) is 11.9 Å². The third-order valence-electron chi connectivity index (χ3n) is 5.29. The third-order valence-corrected chi connectivity index (χ3v) is 5.54. The first-order valence-electron chi connectivity index (χ1n) is 9.00. The SMILES string of the molecule is Cl.NC[C@@H]1CN(Cc2cn[nH]c2-c2ccc(Cl)cc2)C[C@H]1c1ccccc1. The second-order valence-electron chi connectivity index (χ2n) is 6.98. The number of nitrogens with zero attached hydrogens (tertiary/aromatic N) is 2. The average Bonchev–Trinajstić information content (AvgIpc) is 3.30. The Bertz CT molecular complexity index is 848. The molecule has 1 aliphatic heterocycles. The van der Waals surface area contributed by atoms with E-state index in [1.54, 1.807) is 0 Å². The normalized spacial score (nSPS) is 19.8. The van der Waals surface area contributed by atoms with Gasteiger partial charge in [0, 0.05) is 36.1 Å². The van der Waals surface area contributed by atoms with E-state index in [2.05, 4.69) is 45.4 Å². The number of halogens is 2. The van der Waals surface area contributed by atoms with E-state index in [-0.39, 0.29) is 12.4 Å². The van der Waals surface area contributed by atoms with Gasteiger partial charge in [-0.05, 0) is 35.7 Å². The molecule has 0 saturated carbocycles. The molecule has 0 unspecified atom stereocenters. The lowest BCUT2D eigenvalue weighted by atomic mass is 9.89. The van der Waals surface area contributed by atoms with Crippen LogP contribution >= 0.6 is 24.0 Å². The van der Waals surface area contributed by atoms with Gasteiger partial charge in [0.2, 0.25) is 0 Å². The summed E-state index contributed by atoms with van der Waals surface area (Å²) < 4.78 is 0. The zero-order valence-electron chi connectivity index (χ0n) is 15.0. The zero-order valence-corrected chi connectivity index (χ0v) is 16.6. The Morgan fingerprint density at radius 3 is 2.52 bits per heavy atom. The van der Waals surface area contributed by atoms with Crippen LogP contribution in [0.2, 0.25) is 5.02 Å². The lowest BCUT2D eigenvalue weighted by molar-refractivity contribution is 0.317. The van der Waals surface area contributed by atoms with Gasteiger partial charge in [-0.1, -0.05) is 54.1 Å². The third kappa shape index (κ3) is 4.36. The summed E-state index contributed by atoms with van der Waals surface area (Å²) in [6, 6.07) is 18.6. The summed E-state index contributed by atoms with van der Waals surface area (Å²) in [7, 11) is 0. The van der Waals surface area contributed by atoms with E-state index < -0.39 is 0 Å². The maximum absolute atomic E-state index is 6.07. The standard InChI is InChI=1S/C21H23ClN4.ClH/c22-19-8-6-16(7-9-19)21-18(11-24-25-21)13-26-12-17(10-23)20(14-26)15-4-2-1-3-5-15;/h1-9,11,17,20H,10,12-14,23H2,(H,24,25);1H/t17-,20+;/m1./s1. The van der Waals surface area contributed by atoms with Crippen molar-refractivity contribution in [2.24, 2.45) is 11.7 Å². The Kier molecular flexibility index (Phi) is 6.55. The number of H-pyrrole nitrogens is 1. The van der Waals surface area contributed by atoms with Crippen molar-refractivity contribution >= 4 is 24.0 Å². The van der Waals surface area contributed by atoms with Crippen molar-refractivity contribution in [3.63, 3.8) is 0 Å². The van der Waals surface area contributed by atoms with Gasteiger partial charge in [-0.15, -0.1) is 12.4 Å². The molecular weight excluding hydrogens is 379 g/mol. The molecule has 1 saturated heterocycles. The van der Waals surface area contributed by atoms with Crippen molar-refractivity contribution in [2.45, 2.75) is 12.5 Å². The van der Waals surface area contributed by atoms with Crippen molar-refractivity contribution in [1.82, 2.24) is 15.1 Å². The average molecular weight is 403 g/mol. The number of hydrogen-bond acceptors (Lipinski definition) is 3. The molecule has 27 heavy (non-hydrogen) atoms. The minimum absolute atomic E-state index is 0. The quantitative estimate of drug-likeness (QED) is 0.667. The number of aromatic nitrogens is 2. The van der Waals surface area contributed by atoms with Gasteiger partial charge in [-0.3, -0.25) is 10.00 Å². The molecule has 0 amide bonds. The molecule has 0 radical (unpaired) electrons. The first kappa shape index (κ1) is 19.9. The summed E-state index contributed by atoms with van der Waals surface area (Å²) in [6.07, 6.45) is 1.93. The smallest absolute Gasteiger partial charge is 0.0695 e. The monoisotopic (exact) mass is 402 g/mol. The van der Waals surface area contributed by atoms with Gasteiger partial charge < -0.3 is 5.73 Å². The molecule has 0 bridgehead atoms. The molecule has 2 heterocycles. The van der Waals surface area contributed by atoms with Crippen molar-refractivity contribution < 1.29 is 0 Å². The van der Waals surface area contributed by atoms with E-state index in [9.17, 15) is 0 Å². The summed E-state index contributed by atoms with van der Waals surface area (Å²) in [5.41, 5.74) is 10.8. The molecule has 4 rings (SSSR count). The summed E-state index contributed by atoms with van der Waals surface area (Å²) in [6.45, 7) is 3.62. The zero-order chi connectivity index (χ0) is 17.9. The molecule has 2 aromatic carbocycles. The summed E-state index contributed by atoms with van der Waals surface area (Å²) in [4.78, 5) is 2.49. The highest BCUT2D eigenvalue weighted by molar-refractivity contribution is 6.30. The molecule has 1 aliphatic rings. The Morgan fingerprint density at radius 2 is 1.81 bits per heavy atom. The van der Waals surface area contributed by atoms with Crippen LogP contribution in [0.3, 0.4) is 0 Å². The fourth-order valence-electron chi connectivity index (χ4n) is 3.94. The fourth-order valence-corrected chi connectivity index (χ4v) is 4.07. The van der Waals surface area contributed by atoms with Gasteiger partial charge in [-0.2, -0.15) is 5.10 Å². The Labute approximate surface area is 171 Å². The summed E-state index contributed by atoms with van der Waals surface area (Å²) >= 11 is 6.01. The number of likely N-dealkylation sites (tertiary alicyclic amines) is 1. The lowest BCUT2D eigenvalue weighted by Gasteiger charge is -2.17. The molecule has 1 fully saturated rings. The molecule has 3 N–H and O–H groups in total. The van der Waals surface area contributed by atoms with Gasteiger partial charge in [0.25, 0.3) is 0 Å². The van der Waals surface area contributed by atoms with E-state index in [4.69, 9.17) is 17.3 Å². The number of hydrogen-bond donors (Lipinski definition) is 2. The van der Waals surface area contributed by atoms with Crippen molar-refractivity contribution in [2.75, 3.05) is 19.6 Å². The maximum atomic E-state index is 6.07. The molecule has 2 atom stereocenters. The van der Waals surface area contributed by atoms with E-state index in [0.717, 1.165) is 35.9 Å². The molecule has 3 aromatic rings. The molecule has 0 spiro atoms. The molecular formula is C21H24Cl2N4. The topological polar surface area (TPSA) is 57.9 Å². The van der Waals surface area contributed by atoms with E-state index in [1.165, 1.54) is 11.1 Å². The van der Waals surface area contributed by atoms with E-state index >= 15 is 0 Å². The summed E-state index contributed by atoms with van der Waals surface area (Å²) in [5.74, 6) is 0.982. The van der Waals surface area contributed by atoms with Crippen LogP contribution in [0.5, 0.6) is 0 Å². The van der Waals surface area contributed by atoms with Crippen LogP contribution in [0.15, 0.2) is 60.8 Å². The van der Waals surface area contributed by atoms with Crippen LogP contribution in [-0.2, 0) is 6.54 Å².